The van der Waals surface area contributed by atoms with Gasteiger partial charge in [-0.15, -0.1) is 11.3 Å². The van der Waals surface area contributed by atoms with Crippen LogP contribution in [0.5, 0.6) is 0 Å². The van der Waals surface area contributed by atoms with E-state index >= 15 is 0 Å². The highest BCUT2D eigenvalue weighted by Crippen LogP contribution is 2.24. The van der Waals surface area contributed by atoms with Crippen molar-refractivity contribution < 1.29 is 9.59 Å². The maximum atomic E-state index is 12.1. The van der Waals surface area contributed by atoms with Crippen LogP contribution in [-0.2, 0) is 11.3 Å². The minimum atomic E-state index is -0.142. The lowest BCUT2D eigenvalue weighted by Gasteiger charge is -2.06. The molecule has 1 aromatic carbocycles. The van der Waals surface area contributed by atoms with E-state index in [-0.39, 0.29) is 18.2 Å². The topological polar surface area (TPSA) is 71.1 Å². The summed E-state index contributed by atoms with van der Waals surface area (Å²) >= 11 is 1.45. The molecule has 2 N–H and O–H groups in total. The number of carbonyl (C=O) groups is 2. The van der Waals surface area contributed by atoms with Crippen LogP contribution in [-0.4, -0.2) is 23.3 Å². The average molecular weight is 339 g/mol. The molecule has 2 amide bonds. The maximum Gasteiger partial charge on any atom is 0.261 e. The third-order valence-electron chi connectivity index (χ3n) is 3.50. The quantitative estimate of drug-likeness (QED) is 0.725. The molecule has 24 heavy (non-hydrogen) atoms. The Morgan fingerprint density at radius 3 is 2.75 bits per heavy atom. The van der Waals surface area contributed by atoms with E-state index in [4.69, 9.17) is 0 Å². The van der Waals surface area contributed by atoms with Gasteiger partial charge in [0.05, 0.1) is 4.88 Å². The molecule has 0 aliphatic rings. The second-order valence-corrected chi connectivity index (χ2v) is 6.38. The molecule has 2 aromatic heterocycles. The van der Waals surface area contributed by atoms with Gasteiger partial charge in [-0.1, -0.05) is 24.3 Å². The van der Waals surface area contributed by atoms with Gasteiger partial charge in [0.2, 0.25) is 5.91 Å². The Balaban J connectivity index is 1.43. The minimum absolute atomic E-state index is 0.101. The summed E-state index contributed by atoms with van der Waals surface area (Å²) in [6.07, 6.45) is 3.65. The molecule has 122 valence electrons. The lowest BCUT2D eigenvalue weighted by molar-refractivity contribution is -0.121. The zero-order valence-electron chi connectivity index (χ0n) is 13.0. The average Bonchev–Trinajstić information content (AvgIpc) is 3.05. The number of aromatic nitrogens is 1. The predicted octanol–water partition coefficient (Wildman–Crippen LogP) is 2.73. The van der Waals surface area contributed by atoms with Crippen molar-refractivity contribution in [3.8, 4) is 0 Å². The van der Waals surface area contributed by atoms with Crippen LogP contribution in [0.25, 0.3) is 10.1 Å². The molecule has 3 aromatic rings. The molecule has 0 fully saturated rings. The third-order valence-corrected chi connectivity index (χ3v) is 4.61. The van der Waals surface area contributed by atoms with Gasteiger partial charge in [-0.2, -0.15) is 0 Å². The van der Waals surface area contributed by atoms with E-state index in [1.165, 1.54) is 11.3 Å². The number of nitrogens with one attached hydrogen (secondary N) is 2. The number of pyridine rings is 1. The summed E-state index contributed by atoms with van der Waals surface area (Å²) in [6.45, 7) is 0.753. The number of benzene rings is 1. The maximum absolute atomic E-state index is 12.1. The van der Waals surface area contributed by atoms with E-state index in [9.17, 15) is 9.59 Å². The van der Waals surface area contributed by atoms with Crippen molar-refractivity contribution in [2.24, 2.45) is 0 Å². The number of fused-ring (bicyclic) bond motifs is 1. The van der Waals surface area contributed by atoms with E-state index in [1.54, 1.807) is 12.4 Å². The normalized spacial score (nSPS) is 10.5. The van der Waals surface area contributed by atoms with Gasteiger partial charge in [-0.3, -0.25) is 14.6 Å². The van der Waals surface area contributed by atoms with Crippen LogP contribution in [0.4, 0.5) is 0 Å². The van der Waals surface area contributed by atoms with Crippen molar-refractivity contribution in [1.29, 1.82) is 0 Å². The third kappa shape index (κ3) is 4.17. The van der Waals surface area contributed by atoms with Gasteiger partial charge < -0.3 is 10.6 Å². The Morgan fingerprint density at radius 1 is 1.08 bits per heavy atom. The molecule has 6 heteroatoms. The van der Waals surface area contributed by atoms with Crippen molar-refractivity contribution in [2.75, 3.05) is 6.54 Å². The highest BCUT2D eigenvalue weighted by atomic mass is 32.1. The number of nitrogens with zero attached hydrogens (tertiary/aromatic N) is 1. The molecular formula is C18H17N3O2S. The van der Waals surface area contributed by atoms with Crippen molar-refractivity contribution in [3.63, 3.8) is 0 Å². The van der Waals surface area contributed by atoms with Gasteiger partial charge in [-0.05, 0) is 29.1 Å². The molecule has 0 atom stereocenters. The number of hydrogen-bond acceptors (Lipinski definition) is 4. The second-order valence-electron chi connectivity index (χ2n) is 5.29. The minimum Gasteiger partial charge on any atom is -0.352 e. The first-order valence-corrected chi connectivity index (χ1v) is 8.46. The van der Waals surface area contributed by atoms with E-state index in [2.05, 4.69) is 15.6 Å². The largest absolute Gasteiger partial charge is 0.352 e. The van der Waals surface area contributed by atoms with Gasteiger partial charge in [0.15, 0.2) is 0 Å². The van der Waals surface area contributed by atoms with E-state index in [1.807, 2.05) is 42.5 Å². The summed E-state index contributed by atoms with van der Waals surface area (Å²) in [5, 5.41) is 6.65. The smallest absolute Gasteiger partial charge is 0.261 e. The van der Waals surface area contributed by atoms with Crippen molar-refractivity contribution in [1.82, 2.24) is 15.6 Å². The Morgan fingerprint density at radius 2 is 1.96 bits per heavy atom. The highest BCUT2D eigenvalue weighted by molar-refractivity contribution is 7.20. The zero-order chi connectivity index (χ0) is 16.8. The first-order chi connectivity index (χ1) is 11.7. The Hall–Kier alpha value is -2.73. The number of hydrogen-bond donors (Lipinski definition) is 2. The molecule has 0 radical (unpaired) electrons. The lowest BCUT2D eigenvalue weighted by Crippen LogP contribution is -2.30. The molecule has 0 spiro atoms. The monoisotopic (exact) mass is 339 g/mol. The van der Waals surface area contributed by atoms with Crippen LogP contribution in [0.15, 0.2) is 54.9 Å². The fraction of sp³-hybridized carbons (Fsp3) is 0.167. The fourth-order valence-electron chi connectivity index (χ4n) is 2.26. The molecule has 0 saturated heterocycles. The predicted molar refractivity (Wildman–Crippen MR) is 94.9 cm³/mol. The van der Waals surface area contributed by atoms with Gasteiger partial charge in [0.25, 0.3) is 5.91 Å². The lowest BCUT2D eigenvalue weighted by atomic mass is 10.2. The summed E-state index contributed by atoms with van der Waals surface area (Å²) in [4.78, 5) is 28.6. The summed E-state index contributed by atoms with van der Waals surface area (Å²) in [7, 11) is 0. The van der Waals surface area contributed by atoms with Gasteiger partial charge in [-0.25, -0.2) is 0 Å². The summed E-state index contributed by atoms with van der Waals surface area (Å²) in [5.41, 5.74) is 0.945. The highest BCUT2D eigenvalue weighted by Gasteiger charge is 2.10. The second kappa shape index (κ2) is 7.70. The van der Waals surface area contributed by atoms with Crippen LogP contribution in [0.1, 0.15) is 21.7 Å². The van der Waals surface area contributed by atoms with Crippen molar-refractivity contribution in [2.45, 2.75) is 13.0 Å². The first kappa shape index (κ1) is 16.1. The molecule has 0 aliphatic carbocycles. The number of carbonyl (C=O) groups excluding carboxylic acids is 2. The standard InChI is InChI=1S/C18H17N3O2S/c22-17(21-12-13-4-3-8-19-11-13)7-9-20-18(23)16-10-14-5-1-2-6-15(14)24-16/h1-6,8,10-11H,7,9,12H2,(H,20,23)(H,21,22). The van der Waals surface area contributed by atoms with Crippen LogP contribution in [0, 0.1) is 0 Å². The Labute approximate surface area is 143 Å². The molecule has 0 bridgehead atoms. The molecular weight excluding hydrogens is 322 g/mol. The molecule has 0 saturated carbocycles. The van der Waals surface area contributed by atoms with E-state index in [0.717, 1.165) is 15.6 Å². The molecule has 3 rings (SSSR count). The van der Waals surface area contributed by atoms with Crippen LogP contribution < -0.4 is 10.6 Å². The molecule has 0 unspecified atom stereocenters. The van der Waals surface area contributed by atoms with E-state index in [0.29, 0.717) is 18.0 Å². The number of rotatable bonds is 6. The fourth-order valence-corrected chi connectivity index (χ4v) is 3.24. The zero-order valence-corrected chi connectivity index (χ0v) is 13.8. The van der Waals surface area contributed by atoms with Crippen molar-refractivity contribution in [3.05, 3.63) is 65.3 Å². The Bertz CT molecular complexity index is 813. The summed E-state index contributed by atoms with van der Waals surface area (Å²) < 4.78 is 1.08. The van der Waals surface area contributed by atoms with Gasteiger partial charge in [0, 0.05) is 36.6 Å². The van der Waals surface area contributed by atoms with Crippen LogP contribution in [0.3, 0.4) is 0 Å². The van der Waals surface area contributed by atoms with Gasteiger partial charge >= 0.3 is 0 Å². The Kier molecular flexibility index (Phi) is 5.18. The van der Waals surface area contributed by atoms with E-state index < -0.39 is 0 Å². The molecule has 5 nitrogen and oxygen atoms in total. The summed E-state index contributed by atoms with van der Waals surface area (Å²) in [5.74, 6) is -0.244. The van der Waals surface area contributed by atoms with Crippen LogP contribution in [0.2, 0.25) is 0 Å². The summed E-state index contributed by atoms with van der Waals surface area (Å²) in [6, 6.07) is 13.5. The molecule has 0 aliphatic heterocycles. The SMILES string of the molecule is O=C(CCNC(=O)c1cc2ccccc2s1)NCc1cccnc1. The van der Waals surface area contributed by atoms with Crippen molar-refractivity contribution >= 4 is 33.2 Å². The first-order valence-electron chi connectivity index (χ1n) is 7.65. The van der Waals surface area contributed by atoms with Gasteiger partial charge in [0.1, 0.15) is 0 Å². The number of amides is 2. The van der Waals surface area contributed by atoms with Crippen LogP contribution >= 0.6 is 11.3 Å². The number of thiophene rings is 1. The molecule has 2 heterocycles.